The van der Waals surface area contributed by atoms with Gasteiger partial charge in [-0.3, -0.25) is 4.79 Å². The van der Waals surface area contributed by atoms with Crippen LogP contribution in [0.1, 0.15) is 43.7 Å². The summed E-state index contributed by atoms with van der Waals surface area (Å²) in [6, 6.07) is 25.9. The third-order valence-corrected chi connectivity index (χ3v) is 7.90. The van der Waals surface area contributed by atoms with E-state index in [0.29, 0.717) is 21.9 Å². The van der Waals surface area contributed by atoms with Crippen LogP contribution in [0.15, 0.2) is 89.9 Å². The topological polar surface area (TPSA) is 74.3 Å². The van der Waals surface area contributed by atoms with E-state index in [2.05, 4.69) is 48.2 Å². The highest BCUT2D eigenvalue weighted by Crippen LogP contribution is 2.25. The summed E-state index contributed by atoms with van der Waals surface area (Å²) < 4.78 is 9.64. The van der Waals surface area contributed by atoms with Crippen molar-refractivity contribution < 1.29 is 4.74 Å². The van der Waals surface area contributed by atoms with Crippen molar-refractivity contribution in [1.82, 2.24) is 24.4 Å². The molecule has 3 aromatic carbocycles. The predicted molar refractivity (Wildman–Crippen MR) is 165 cm³/mol. The summed E-state index contributed by atoms with van der Waals surface area (Å²) in [5, 5.41) is 9.42. The number of hydrogen-bond acceptors (Lipinski definition) is 6. The molecule has 0 spiro atoms. The number of aryl methyl sites for hydroxylation is 1. The zero-order valence-corrected chi connectivity index (χ0v) is 24.0. The lowest BCUT2D eigenvalue weighted by molar-refractivity contribution is 0.305. The minimum absolute atomic E-state index is 0.196. The molecule has 0 amide bonds. The van der Waals surface area contributed by atoms with Gasteiger partial charge in [-0.1, -0.05) is 85.6 Å². The fourth-order valence-corrected chi connectivity index (χ4v) is 5.56. The highest BCUT2D eigenvalue weighted by molar-refractivity contribution is 7.15. The van der Waals surface area contributed by atoms with Crippen molar-refractivity contribution in [2.24, 2.45) is 0 Å². The Morgan fingerprint density at radius 1 is 0.878 bits per heavy atom. The first-order valence-electron chi connectivity index (χ1n) is 14.0. The molecule has 0 saturated heterocycles. The predicted octanol–water partition coefficient (Wildman–Crippen LogP) is 6.49. The van der Waals surface area contributed by atoms with Crippen LogP contribution in [0.3, 0.4) is 0 Å². The molecule has 3 heterocycles. The van der Waals surface area contributed by atoms with Gasteiger partial charge in [0.15, 0.2) is 5.82 Å². The average molecular weight is 562 g/mol. The molecule has 0 radical (unpaired) electrons. The first-order valence-corrected chi connectivity index (χ1v) is 14.8. The Morgan fingerprint density at radius 2 is 1.63 bits per heavy atom. The first kappa shape index (κ1) is 26.7. The van der Waals surface area contributed by atoms with Crippen LogP contribution in [0, 0.1) is 6.92 Å². The maximum atomic E-state index is 13.4. The number of hydrogen-bond donors (Lipinski definition) is 0. The molecule has 0 saturated carbocycles. The standard InChI is InChI=1S/C33H31N5O2S/c1-3-4-5-9-20-40-28-18-16-25(17-19-28)31-34-33-38(36-31)32(39)29(41-33)21-26-22-37(27-10-7-6-8-11-27)35-30(26)24-14-12-23(2)13-15-24/h6-8,10-19,21-22H,3-5,9,20H2,1-2H3/b29-21-. The second-order valence-corrected chi connectivity index (χ2v) is 11.1. The summed E-state index contributed by atoms with van der Waals surface area (Å²) in [6.45, 7) is 4.97. The van der Waals surface area contributed by atoms with Crippen LogP contribution in [-0.2, 0) is 0 Å². The molecule has 0 fully saturated rings. The fourth-order valence-electron chi connectivity index (χ4n) is 4.66. The zero-order valence-electron chi connectivity index (χ0n) is 23.2. The number of unbranched alkanes of at least 4 members (excludes halogenated alkanes) is 3. The van der Waals surface area contributed by atoms with E-state index in [1.807, 2.05) is 71.6 Å². The van der Waals surface area contributed by atoms with Crippen LogP contribution < -0.4 is 14.8 Å². The molecule has 0 atom stereocenters. The molecular formula is C33H31N5O2S. The molecule has 0 aliphatic carbocycles. The maximum absolute atomic E-state index is 13.4. The molecule has 6 aromatic rings. The molecule has 3 aromatic heterocycles. The Hall–Kier alpha value is -4.56. The van der Waals surface area contributed by atoms with Crippen molar-refractivity contribution in [3.63, 3.8) is 0 Å². The molecule has 0 aliphatic heterocycles. The number of nitrogens with zero attached hydrogens (tertiary/aromatic N) is 5. The third kappa shape index (κ3) is 5.83. The Balaban J connectivity index is 1.30. The molecule has 0 aliphatic rings. The molecule has 0 bridgehead atoms. The lowest BCUT2D eigenvalue weighted by atomic mass is 10.1. The fraction of sp³-hybridized carbons (Fsp3) is 0.212. The van der Waals surface area contributed by atoms with Gasteiger partial charge in [-0.2, -0.15) is 14.6 Å². The van der Waals surface area contributed by atoms with Gasteiger partial charge in [-0.15, -0.1) is 5.10 Å². The van der Waals surface area contributed by atoms with Gasteiger partial charge in [0.2, 0.25) is 4.96 Å². The average Bonchev–Trinajstić information content (AvgIpc) is 3.69. The molecular weight excluding hydrogens is 530 g/mol. The van der Waals surface area contributed by atoms with Crippen LogP contribution in [0.4, 0.5) is 0 Å². The van der Waals surface area contributed by atoms with Crippen molar-refractivity contribution in [2.75, 3.05) is 6.61 Å². The number of ether oxygens (including phenoxy) is 1. The van der Waals surface area contributed by atoms with E-state index in [9.17, 15) is 4.79 Å². The summed E-state index contributed by atoms with van der Waals surface area (Å²) >= 11 is 1.33. The molecule has 0 unspecified atom stereocenters. The Bertz CT molecular complexity index is 1870. The Labute approximate surface area is 242 Å². The highest BCUT2D eigenvalue weighted by atomic mass is 32.1. The molecule has 206 valence electrons. The molecule has 8 heteroatoms. The smallest absolute Gasteiger partial charge is 0.291 e. The van der Waals surface area contributed by atoms with Crippen molar-refractivity contribution in [1.29, 1.82) is 0 Å². The van der Waals surface area contributed by atoms with Crippen LogP contribution in [0.5, 0.6) is 5.75 Å². The number of fused-ring (bicyclic) bond motifs is 1. The zero-order chi connectivity index (χ0) is 28.2. The minimum Gasteiger partial charge on any atom is -0.494 e. The number of aromatic nitrogens is 5. The molecule has 41 heavy (non-hydrogen) atoms. The summed E-state index contributed by atoms with van der Waals surface area (Å²) in [7, 11) is 0. The highest BCUT2D eigenvalue weighted by Gasteiger charge is 2.15. The van der Waals surface area contributed by atoms with Gasteiger partial charge in [-0.25, -0.2) is 4.68 Å². The quantitative estimate of drug-likeness (QED) is 0.179. The van der Waals surface area contributed by atoms with Crippen LogP contribution >= 0.6 is 11.3 Å². The Kier molecular flexibility index (Phi) is 7.73. The van der Waals surface area contributed by atoms with E-state index in [0.717, 1.165) is 40.2 Å². The van der Waals surface area contributed by atoms with Gasteiger partial charge >= 0.3 is 0 Å². The van der Waals surface area contributed by atoms with Crippen LogP contribution in [0.2, 0.25) is 0 Å². The van der Waals surface area contributed by atoms with Gasteiger partial charge in [0, 0.05) is 22.9 Å². The summed E-state index contributed by atoms with van der Waals surface area (Å²) in [6.07, 6.45) is 8.53. The van der Waals surface area contributed by atoms with Gasteiger partial charge < -0.3 is 4.74 Å². The maximum Gasteiger partial charge on any atom is 0.291 e. The van der Waals surface area contributed by atoms with Crippen molar-refractivity contribution in [3.8, 4) is 34.1 Å². The van der Waals surface area contributed by atoms with Crippen LogP contribution in [-0.4, -0.2) is 31.0 Å². The van der Waals surface area contributed by atoms with E-state index >= 15 is 0 Å². The second kappa shape index (κ2) is 11.9. The van der Waals surface area contributed by atoms with Crippen molar-refractivity contribution in [3.05, 3.63) is 111 Å². The lowest BCUT2D eigenvalue weighted by Crippen LogP contribution is -2.23. The number of para-hydroxylation sites is 1. The van der Waals surface area contributed by atoms with E-state index in [4.69, 9.17) is 9.84 Å². The monoisotopic (exact) mass is 561 g/mol. The molecule has 7 nitrogen and oxygen atoms in total. The van der Waals surface area contributed by atoms with E-state index in [1.165, 1.54) is 40.7 Å². The summed E-state index contributed by atoms with van der Waals surface area (Å²) in [5.74, 6) is 1.35. The number of thiazole rings is 1. The van der Waals surface area contributed by atoms with E-state index < -0.39 is 0 Å². The largest absolute Gasteiger partial charge is 0.494 e. The van der Waals surface area contributed by atoms with Gasteiger partial charge in [0.25, 0.3) is 5.56 Å². The summed E-state index contributed by atoms with van der Waals surface area (Å²) in [4.78, 5) is 18.6. The van der Waals surface area contributed by atoms with Crippen LogP contribution in [0.25, 0.3) is 39.4 Å². The number of benzene rings is 3. The first-order chi connectivity index (χ1) is 20.1. The van der Waals surface area contributed by atoms with E-state index in [-0.39, 0.29) is 5.56 Å². The Morgan fingerprint density at radius 3 is 2.37 bits per heavy atom. The summed E-state index contributed by atoms with van der Waals surface area (Å²) in [5.41, 5.74) is 5.41. The van der Waals surface area contributed by atoms with E-state index in [1.54, 1.807) is 0 Å². The number of rotatable bonds is 10. The van der Waals surface area contributed by atoms with Crippen molar-refractivity contribution >= 4 is 22.4 Å². The van der Waals surface area contributed by atoms with Crippen molar-refractivity contribution in [2.45, 2.75) is 39.5 Å². The normalized spacial score (nSPS) is 11.9. The third-order valence-electron chi connectivity index (χ3n) is 6.94. The van der Waals surface area contributed by atoms with Gasteiger partial charge in [-0.05, 0) is 55.8 Å². The lowest BCUT2D eigenvalue weighted by Gasteiger charge is -2.06. The second-order valence-electron chi connectivity index (χ2n) is 10.1. The molecule has 0 N–H and O–H groups in total. The molecule has 6 rings (SSSR count). The SMILES string of the molecule is CCCCCCOc1ccc(-c2nc3s/c(=C\c4cn(-c5ccccc5)nc4-c4ccc(C)cc4)c(=O)n3n2)cc1. The van der Waals surface area contributed by atoms with Gasteiger partial charge in [0.05, 0.1) is 22.5 Å². The van der Waals surface area contributed by atoms with Gasteiger partial charge in [0.1, 0.15) is 5.75 Å². The minimum atomic E-state index is -0.196.